The van der Waals surface area contributed by atoms with Crippen LogP contribution in [0.1, 0.15) is 52.4 Å². The van der Waals surface area contributed by atoms with Gasteiger partial charge >= 0.3 is 0 Å². The summed E-state index contributed by atoms with van der Waals surface area (Å²) in [5.74, 6) is 0. The van der Waals surface area contributed by atoms with Crippen LogP contribution in [0.25, 0.3) is 0 Å². The van der Waals surface area contributed by atoms with Crippen LogP contribution in [0.4, 0.5) is 0 Å². The Morgan fingerprint density at radius 1 is 0.708 bits per heavy atom. The highest BCUT2D eigenvalue weighted by Gasteiger charge is 2.27. The highest BCUT2D eigenvalue weighted by Crippen LogP contribution is 2.24. The first kappa shape index (κ1) is 21.1. The van der Waals surface area contributed by atoms with Crippen LogP contribution in [0.3, 0.4) is 0 Å². The molecule has 0 saturated heterocycles. The first-order chi connectivity index (χ1) is 11.3. The van der Waals surface area contributed by atoms with E-state index in [4.69, 9.17) is 8.37 Å². The van der Waals surface area contributed by atoms with Gasteiger partial charge in [0, 0.05) is 0 Å². The van der Waals surface area contributed by atoms with Crippen LogP contribution in [0, 0.1) is 0 Å². The Morgan fingerprint density at radius 3 is 1.42 bits per heavy atom. The van der Waals surface area contributed by atoms with Crippen molar-refractivity contribution in [2.45, 2.75) is 62.2 Å². The maximum absolute atomic E-state index is 12.3. The molecule has 0 aliphatic heterocycles. The first-order valence-corrected chi connectivity index (χ1v) is 11.0. The molecule has 0 amide bonds. The molecule has 138 valence electrons. The van der Waals surface area contributed by atoms with Crippen molar-refractivity contribution in [2.24, 2.45) is 0 Å². The van der Waals surface area contributed by atoms with Gasteiger partial charge < -0.3 is 0 Å². The Bertz CT molecular complexity index is 634. The van der Waals surface area contributed by atoms with Gasteiger partial charge in [-0.1, -0.05) is 51.7 Å². The molecule has 0 fully saturated rings. The van der Waals surface area contributed by atoms with E-state index >= 15 is 0 Å². The normalized spacial score (nSPS) is 12.4. The molecule has 0 saturated carbocycles. The van der Waals surface area contributed by atoms with E-state index in [1.807, 2.05) is 13.8 Å². The molecule has 0 unspecified atom stereocenters. The van der Waals surface area contributed by atoms with Crippen LogP contribution < -0.4 is 0 Å². The largest absolute Gasteiger partial charge is 0.298 e. The standard InChI is InChI=1S/C16H26O6S2/c1-3-5-9-13-21-23(17,18)15-11-7-8-12-16(15)24(19,20)22-14-10-6-4-2/h7-8,11-12H,3-6,9-10,13-14H2,1-2H3. The Kier molecular flexibility index (Phi) is 8.90. The molecule has 1 aromatic carbocycles. The molecule has 1 aromatic rings. The van der Waals surface area contributed by atoms with Crippen molar-refractivity contribution < 1.29 is 25.2 Å². The summed E-state index contributed by atoms with van der Waals surface area (Å²) in [5, 5.41) is 0. The molecular weight excluding hydrogens is 352 g/mol. The molecule has 0 spiro atoms. The van der Waals surface area contributed by atoms with Gasteiger partial charge in [0.2, 0.25) is 0 Å². The van der Waals surface area contributed by atoms with E-state index in [-0.39, 0.29) is 23.0 Å². The number of unbranched alkanes of at least 4 members (excludes halogenated alkanes) is 4. The van der Waals surface area contributed by atoms with Crippen LogP contribution >= 0.6 is 0 Å². The van der Waals surface area contributed by atoms with Gasteiger partial charge in [0.15, 0.2) is 0 Å². The van der Waals surface area contributed by atoms with Crippen molar-refractivity contribution in [3.05, 3.63) is 24.3 Å². The van der Waals surface area contributed by atoms with E-state index < -0.39 is 20.2 Å². The summed E-state index contributed by atoms with van der Waals surface area (Å²) in [6.07, 6.45) is 4.74. The predicted octanol–water partition coefficient (Wildman–Crippen LogP) is 3.48. The summed E-state index contributed by atoms with van der Waals surface area (Å²) >= 11 is 0. The van der Waals surface area contributed by atoms with Gasteiger partial charge in [0.25, 0.3) is 20.2 Å². The van der Waals surface area contributed by atoms with Gasteiger partial charge in [-0.25, -0.2) is 0 Å². The Morgan fingerprint density at radius 2 is 1.08 bits per heavy atom. The van der Waals surface area contributed by atoms with Gasteiger partial charge in [-0.15, -0.1) is 0 Å². The molecule has 0 radical (unpaired) electrons. The summed E-state index contributed by atoms with van der Waals surface area (Å²) in [7, 11) is -8.30. The lowest BCUT2D eigenvalue weighted by Gasteiger charge is -2.11. The van der Waals surface area contributed by atoms with Gasteiger partial charge in [-0.2, -0.15) is 16.8 Å². The van der Waals surface area contributed by atoms with E-state index in [2.05, 4.69) is 0 Å². The molecule has 1 rings (SSSR count). The third-order valence-electron chi connectivity index (χ3n) is 3.36. The summed E-state index contributed by atoms with van der Waals surface area (Å²) in [6, 6.07) is 5.35. The number of hydrogen-bond donors (Lipinski definition) is 0. The van der Waals surface area contributed by atoms with E-state index in [0.29, 0.717) is 12.8 Å². The molecule has 0 bridgehead atoms. The van der Waals surface area contributed by atoms with Crippen molar-refractivity contribution in [1.29, 1.82) is 0 Å². The molecule has 0 N–H and O–H groups in total. The van der Waals surface area contributed by atoms with E-state index in [1.165, 1.54) is 24.3 Å². The van der Waals surface area contributed by atoms with Crippen LogP contribution in [-0.2, 0) is 28.6 Å². The Balaban J connectivity index is 2.94. The maximum atomic E-state index is 12.3. The Labute approximate surface area is 145 Å². The highest BCUT2D eigenvalue weighted by atomic mass is 32.2. The summed E-state index contributed by atoms with van der Waals surface area (Å²) in [5.41, 5.74) is 0. The average Bonchev–Trinajstić information content (AvgIpc) is 2.56. The number of hydrogen-bond acceptors (Lipinski definition) is 6. The average molecular weight is 379 g/mol. The fourth-order valence-electron chi connectivity index (χ4n) is 2.03. The lowest BCUT2D eigenvalue weighted by atomic mass is 10.3. The minimum Gasteiger partial charge on any atom is -0.266 e. The Hall–Kier alpha value is -0.960. The molecular formula is C16H26O6S2. The van der Waals surface area contributed by atoms with Crippen molar-refractivity contribution in [3.63, 3.8) is 0 Å². The summed E-state index contributed by atoms with van der Waals surface area (Å²) in [6.45, 7) is 4.04. The van der Waals surface area contributed by atoms with Gasteiger partial charge in [-0.05, 0) is 25.0 Å². The summed E-state index contributed by atoms with van der Waals surface area (Å²) < 4.78 is 59.1. The molecule has 0 heterocycles. The highest BCUT2D eigenvalue weighted by molar-refractivity contribution is 7.90. The minimum atomic E-state index is -4.15. The van der Waals surface area contributed by atoms with Crippen molar-refractivity contribution in [3.8, 4) is 0 Å². The van der Waals surface area contributed by atoms with Crippen LogP contribution in [0.5, 0.6) is 0 Å². The lowest BCUT2D eigenvalue weighted by molar-refractivity contribution is 0.300. The van der Waals surface area contributed by atoms with Crippen LogP contribution in [0.15, 0.2) is 34.1 Å². The summed E-state index contributed by atoms with van der Waals surface area (Å²) in [4.78, 5) is -0.756. The van der Waals surface area contributed by atoms with Gasteiger partial charge in [-0.3, -0.25) is 8.37 Å². The SMILES string of the molecule is CCCCCOS(=O)(=O)c1ccccc1S(=O)(=O)OCCCCC. The van der Waals surface area contributed by atoms with Crippen LogP contribution in [0.2, 0.25) is 0 Å². The zero-order valence-corrected chi connectivity index (χ0v) is 15.9. The smallest absolute Gasteiger partial charge is 0.266 e. The second-order valence-corrected chi connectivity index (χ2v) is 8.58. The minimum absolute atomic E-state index is 0.0297. The monoisotopic (exact) mass is 378 g/mol. The zero-order chi connectivity index (χ0) is 18.1. The second-order valence-electron chi connectivity index (χ2n) is 5.41. The molecule has 0 aromatic heterocycles. The van der Waals surface area contributed by atoms with Crippen molar-refractivity contribution in [1.82, 2.24) is 0 Å². The van der Waals surface area contributed by atoms with Crippen molar-refractivity contribution in [2.75, 3.05) is 13.2 Å². The van der Waals surface area contributed by atoms with Crippen LogP contribution in [-0.4, -0.2) is 30.0 Å². The van der Waals surface area contributed by atoms with Gasteiger partial charge in [0.05, 0.1) is 13.2 Å². The maximum Gasteiger partial charge on any atom is 0.298 e. The second kappa shape index (κ2) is 10.1. The van der Waals surface area contributed by atoms with E-state index in [1.54, 1.807) is 0 Å². The van der Waals surface area contributed by atoms with Gasteiger partial charge in [0.1, 0.15) is 9.79 Å². The fourth-order valence-corrected chi connectivity index (χ4v) is 4.69. The number of rotatable bonds is 12. The third-order valence-corrected chi connectivity index (χ3v) is 6.23. The molecule has 24 heavy (non-hydrogen) atoms. The topological polar surface area (TPSA) is 86.7 Å². The molecule has 8 heteroatoms. The third kappa shape index (κ3) is 6.51. The zero-order valence-electron chi connectivity index (χ0n) is 14.2. The number of benzene rings is 1. The molecule has 0 aliphatic carbocycles. The molecule has 0 aliphatic rings. The quantitative estimate of drug-likeness (QED) is 0.409. The van der Waals surface area contributed by atoms with E-state index in [0.717, 1.165) is 25.7 Å². The predicted molar refractivity (Wildman–Crippen MR) is 91.8 cm³/mol. The molecule has 0 atom stereocenters. The molecule has 6 nitrogen and oxygen atoms in total. The first-order valence-electron chi connectivity index (χ1n) is 8.23. The van der Waals surface area contributed by atoms with E-state index in [9.17, 15) is 16.8 Å². The lowest BCUT2D eigenvalue weighted by Crippen LogP contribution is -2.15. The van der Waals surface area contributed by atoms with Crippen molar-refractivity contribution >= 4 is 20.2 Å². The fraction of sp³-hybridized carbons (Fsp3) is 0.625.